The van der Waals surface area contributed by atoms with Crippen molar-refractivity contribution in [2.45, 2.75) is 37.9 Å². The van der Waals surface area contributed by atoms with Crippen LogP contribution in [0.5, 0.6) is 0 Å². The van der Waals surface area contributed by atoms with Crippen molar-refractivity contribution in [1.82, 2.24) is 14.7 Å². The predicted molar refractivity (Wildman–Crippen MR) is 69.8 cm³/mol. The van der Waals surface area contributed by atoms with Gasteiger partial charge in [0.2, 0.25) is 11.8 Å². The summed E-state index contributed by atoms with van der Waals surface area (Å²) in [5.41, 5.74) is 0. The molecule has 0 atom stereocenters. The summed E-state index contributed by atoms with van der Waals surface area (Å²) in [6.45, 7) is 0.647. The van der Waals surface area contributed by atoms with Crippen LogP contribution in [0.15, 0.2) is 0 Å². The van der Waals surface area contributed by atoms with Crippen LogP contribution in [-0.4, -0.2) is 71.4 Å². The van der Waals surface area contributed by atoms with Gasteiger partial charge in [0.25, 0.3) is 0 Å². The minimum absolute atomic E-state index is 0.0298. The third-order valence-corrected chi connectivity index (χ3v) is 4.09. The molecule has 0 saturated carbocycles. The fraction of sp³-hybridized carbons (Fsp3) is 0.769. The first-order chi connectivity index (χ1) is 10.2. The van der Waals surface area contributed by atoms with Gasteiger partial charge in [-0.15, -0.1) is 0 Å². The smallest absolute Gasteiger partial charge is 0.343 e. The standard InChI is InChI=1S/C13H18F3N3O3/c1-17-11(21)8-19(12(17)22)9-3-6-18(7-4-9)10(20)2-5-13(14,15)16/h9H,2-8H2,1H3. The summed E-state index contributed by atoms with van der Waals surface area (Å²) in [7, 11) is 1.42. The van der Waals surface area contributed by atoms with E-state index in [0.29, 0.717) is 25.9 Å². The van der Waals surface area contributed by atoms with E-state index in [4.69, 9.17) is 0 Å². The van der Waals surface area contributed by atoms with Crippen molar-refractivity contribution in [3.8, 4) is 0 Å². The number of amides is 4. The van der Waals surface area contributed by atoms with Gasteiger partial charge in [-0.05, 0) is 12.8 Å². The highest BCUT2D eigenvalue weighted by Crippen LogP contribution is 2.24. The van der Waals surface area contributed by atoms with Crippen molar-refractivity contribution in [3.05, 3.63) is 0 Å². The summed E-state index contributed by atoms with van der Waals surface area (Å²) in [6.07, 6.45) is -5.04. The molecule has 2 saturated heterocycles. The first-order valence-corrected chi connectivity index (χ1v) is 7.10. The van der Waals surface area contributed by atoms with Crippen LogP contribution in [0.3, 0.4) is 0 Å². The van der Waals surface area contributed by atoms with Crippen molar-refractivity contribution in [2.75, 3.05) is 26.7 Å². The van der Waals surface area contributed by atoms with Crippen LogP contribution in [0.25, 0.3) is 0 Å². The molecule has 124 valence electrons. The SMILES string of the molecule is CN1C(=O)CN(C2CCN(C(=O)CCC(F)(F)F)CC2)C1=O. The van der Waals surface area contributed by atoms with E-state index < -0.39 is 24.9 Å². The summed E-state index contributed by atoms with van der Waals surface area (Å²) >= 11 is 0. The fourth-order valence-electron chi connectivity index (χ4n) is 2.74. The van der Waals surface area contributed by atoms with Crippen LogP contribution in [0.4, 0.5) is 18.0 Å². The Hall–Kier alpha value is -1.80. The fourth-order valence-corrected chi connectivity index (χ4v) is 2.74. The second kappa shape index (κ2) is 6.13. The average Bonchev–Trinajstić information content (AvgIpc) is 2.72. The summed E-state index contributed by atoms with van der Waals surface area (Å²) < 4.78 is 36.3. The summed E-state index contributed by atoms with van der Waals surface area (Å²) in [4.78, 5) is 39.0. The molecule has 4 amide bonds. The van der Waals surface area contributed by atoms with Crippen LogP contribution in [-0.2, 0) is 9.59 Å². The molecule has 0 aliphatic carbocycles. The number of halogens is 3. The maximum Gasteiger partial charge on any atom is 0.389 e. The highest BCUT2D eigenvalue weighted by atomic mass is 19.4. The Balaban J connectivity index is 1.82. The van der Waals surface area contributed by atoms with Gasteiger partial charge >= 0.3 is 12.2 Å². The van der Waals surface area contributed by atoms with E-state index in [9.17, 15) is 27.6 Å². The zero-order valence-electron chi connectivity index (χ0n) is 12.2. The molecule has 9 heteroatoms. The zero-order chi connectivity index (χ0) is 16.5. The maximum absolute atomic E-state index is 12.1. The molecule has 22 heavy (non-hydrogen) atoms. The Labute approximate surface area is 125 Å². The van der Waals surface area contributed by atoms with Gasteiger partial charge in [0.05, 0.1) is 6.42 Å². The topological polar surface area (TPSA) is 60.9 Å². The van der Waals surface area contributed by atoms with Gasteiger partial charge in [-0.2, -0.15) is 13.2 Å². The zero-order valence-corrected chi connectivity index (χ0v) is 12.2. The molecular weight excluding hydrogens is 303 g/mol. The van der Waals surface area contributed by atoms with E-state index >= 15 is 0 Å². The first-order valence-electron chi connectivity index (χ1n) is 7.10. The Morgan fingerprint density at radius 3 is 2.27 bits per heavy atom. The molecular formula is C13H18F3N3O3. The Morgan fingerprint density at radius 2 is 1.82 bits per heavy atom. The van der Waals surface area contributed by atoms with E-state index in [0.717, 1.165) is 4.90 Å². The van der Waals surface area contributed by atoms with Crippen molar-refractivity contribution in [2.24, 2.45) is 0 Å². The maximum atomic E-state index is 12.1. The molecule has 2 fully saturated rings. The van der Waals surface area contributed by atoms with Crippen LogP contribution >= 0.6 is 0 Å². The van der Waals surface area contributed by atoms with Gasteiger partial charge in [0, 0.05) is 32.6 Å². The molecule has 0 aromatic rings. The minimum Gasteiger partial charge on any atom is -0.343 e. The number of carbonyl (C=O) groups excluding carboxylic acids is 3. The Kier molecular flexibility index (Phi) is 4.62. The van der Waals surface area contributed by atoms with Crippen LogP contribution in [0, 0.1) is 0 Å². The molecule has 0 bridgehead atoms. The van der Waals surface area contributed by atoms with Gasteiger partial charge in [-0.3, -0.25) is 14.5 Å². The average molecular weight is 321 g/mol. The molecule has 2 heterocycles. The molecule has 0 radical (unpaired) electrons. The van der Waals surface area contributed by atoms with Gasteiger partial charge < -0.3 is 9.80 Å². The number of likely N-dealkylation sites (N-methyl/N-ethyl adjacent to an activating group) is 1. The second-order valence-electron chi connectivity index (χ2n) is 5.59. The number of rotatable bonds is 3. The van der Waals surface area contributed by atoms with E-state index in [1.54, 1.807) is 0 Å². The summed E-state index contributed by atoms with van der Waals surface area (Å²) in [5, 5.41) is 0. The van der Waals surface area contributed by atoms with E-state index in [1.807, 2.05) is 0 Å². The molecule has 2 aliphatic heterocycles. The number of hydrogen-bond donors (Lipinski definition) is 0. The largest absolute Gasteiger partial charge is 0.389 e. The molecule has 6 nitrogen and oxygen atoms in total. The predicted octanol–water partition coefficient (Wildman–Crippen LogP) is 1.21. The van der Waals surface area contributed by atoms with E-state index in [-0.39, 0.29) is 24.5 Å². The lowest BCUT2D eigenvalue weighted by atomic mass is 10.0. The van der Waals surface area contributed by atoms with Crippen molar-refractivity contribution in [1.29, 1.82) is 0 Å². The van der Waals surface area contributed by atoms with Gasteiger partial charge in [-0.1, -0.05) is 0 Å². The molecule has 2 rings (SSSR count). The highest BCUT2D eigenvalue weighted by Gasteiger charge is 2.39. The number of piperidine rings is 1. The number of hydrogen-bond acceptors (Lipinski definition) is 3. The molecule has 0 aromatic carbocycles. The number of urea groups is 1. The number of likely N-dealkylation sites (tertiary alicyclic amines) is 1. The molecule has 2 aliphatic rings. The Bertz CT molecular complexity index is 473. The lowest BCUT2D eigenvalue weighted by molar-refractivity contribution is -0.149. The summed E-state index contributed by atoms with van der Waals surface area (Å²) in [5.74, 6) is -0.787. The lowest BCUT2D eigenvalue weighted by Gasteiger charge is -2.36. The van der Waals surface area contributed by atoms with Gasteiger partial charge in [0.1, 0.15) is 6.54 Å². The Morgan fingerprint density at radius 1 is 1.23 bits per heavy atom. The number of nitrogens with zero attached hydrogens (tertiary/aromatic N) is 3. The van der Waals surface area contributed by atoms with Crippen molar-refractivity contribution >= 4 is 17.8 Å². The molecule has 0 spiro atoms. The van der Waals surface area contributed by atoms with Crippen molar-refractivity contribution < 1.29 is 27.6 Å². The molecule has 0 unspecified atom stereocenters. The quantitative estimate of drug-likeness (QED) is 0.734. The second-order valence-corrected chi connectivity index (χ2v) is 5.59. The monoisotopic (exact) mass is 321 g/mol. The van der Waals surface area contributed by atoms with Gasteiger partial charge in [0.15, 0.2) is 0 Å². The highest BCUT2D eigenvalue weighted by molar-refractivity contribution is 6.01. The minimum atomic E-state index is -4.33. The third-order valence-electron chi connectivity index (χ3n) is 4.09. The van der Waals surface area contributed by atoms with Crippen LogP contribution in [0.1, 0.15) is 25.7 Å². The van der Waals surface area contributed by atoms with Crippen LogP contribution in [0.2, 0.25) is 0 Å². The molecule has 0 N–H and O–H groups in total. The van der Waals surface area contributed by atoms with Gasteiger partial charge in [-0.25, -0.2) is 4.79 Å². The number of imide groups is 1. The lowest BCUT2D eigenvalue weighted by Crippen LogP contribution is -2.47. The van der Waals surface area contributed by atoms with Crippen molar-refractivity contribution in [3.63, 3.8) is 0 Å². The number of alkyl halides is 3. The number of carbonyl (C=O) groups is 3. The summed E-state index contributed by atoms with van der Waals surface area (Å²) in [6, 6.07) is -0.500. The molecule has 0 aromatic heterocycles. The third kappa shape index (κ3) is 3.69. The van der Waals surface area contributed by atoms with Crippen LogP contribution < -0.4 is 0 Å². The first kappa shape index (κ1) is 16.6. The van der Waals surface area contributed by atoms with E-state index in [1.165, 1.54) is 16.8 Å². The normalized spacial score (nSPS) is 21.0. The van der Waals surface area contributed by atoms with E-state index in [2.05, 4.69) is 0 Å².